The Balaban J connectivity index is 2.79. The maximum atomic E-state index is 10.4. The third-order valence-electron chi connectivity index (χ3n) is 1.22. The average molecular weight is 152 g/mol. The summed E-state index contributed by atoms with van der Waals surface area (Å²) >= 11 is 0. The Bertz CT molecular complexity index is 287. The van der Waals surface area contributed by atoms with Crippen molar-refractivity contribution in [1.29, 1.82) is 0 Å². The third kappa shape index (κ3) is 2.85. The Kier molecular flexibility index (Phi) is 1.83. The van der Waals surface area contributed by atoms with Crippen LogP contribution in [0.2, 0.25) is 0 Å². The minimum absolute atomic E-state index is 0.560. The second-order valence-electron chi connectivity index (χ2n) is 2.08. The zero-order valence-electron chi connectivity index (χ0n) is 7.90. The lowest BCUT2D eigenvalue weighted by Crippen LogP contribution is -1.96. The summed E-state index contributed by atoms with van der Waals surface area (Å²) in [6.07, 6.45) is -2.43. The summed E-state index contributed by atoms with van der Waals surface area (Å²) in [7, 11) is 0. The van der Waals surface area contributed by atoms with E-state index in [2.05, 4.69) is 0 Å². The molecule has 0 saturated heterocycles. The Morgan fingerprint density at radius 3 is 2.64 bits per heavy atom. The summed E-state index contributed by atoms with van der Waals surface area (Å²) in [5, 5.41) is 8.51. The molecule has 1 aromatic rings. The lowest BCUT2D eigenvalue weighted by atomic mass is 10.1. The number of aryl methyl sites for hydroxylation is 1. The van der Waals surface area contributed by atoms with Crippen LogP contribution in [0.25, 0.3) is 0 Å². The molecule has 0 fully saturated rings. The number of carbonyl (C=O) groups is 1. The van der Waals surface area contributed by atoms with E-state index in [9.17, 15) is 4.79 Å². The van der Waals surface area contributed by atoms with Crippen LogP contribution in [0.1, 0.15) is 14.7 Å². The van der Waals surface area contributed by atoms with Crippen LogP contribution in [0.5, 0.6) is 0 Å². The van der Waals surface area contributed by atoms with Gasteiger partial charge in [-0.3, -0.25) is 4.79 Å². The van der Waals surface area contributed by atoms with Crippen molar-refractivity contribution in [1.82, 2.24) is 0 Å². The van der Waals surface area contributed by atoms with Gasteiger partial charge in [-0.15, -0.1) is 0 Å². The number of rotatable bonds is 3. The molecular formula is C9H10O2. The molecule has 0 heterocycles. The Morgan fingerprint density at radius 1 is 1.45 bits per heavy atom. The lowest BCUT2D eigenvalue weighted by Gasteiger charge is -1.95. The molecule has 2 atom stereocenters. The van der Waals surface area contributed by atoms with E-state index in [1.54, 1.807) is 30.3 Å². The van der Waals surface area contributed by atoms with E-state index in [0.717, 1.165) is 0 Å². The summed E-state index contributed by atoms with van der Waals surface area (Å²) in [6.45, 7) is 0. The largest absolute Gasteiger partial charge is 0.481 e. The standard InChI is InChI=1S/C9H10O2/c10-9(11)7-6-8-4-2-1-3-5-8/h1-5H,6-7H2,(H,10,11)/i6D,7D. The number of carboxylic acid groups (broad SMARTS) is 1. The van der Waals surface area contributed by atoms with Crippen molar-refractivity contribution < 1.29 is 12.6 Å². The molecule has 58 valence electrons. The second kappa shape index (κ2) is 3.76. The molecule has 0 aliphatic rings. The molecule has 0 aliphatic carbocycles. The van der Waals surface area contributed by atoms with Gasteiger partial charge >= 0.3 is 5.97 Å². The molecule has 1 N–H and O–H groups in total. The van der Waals surface area contributed by atoms with Crippen molar-refractivity contribution in [2.45, 2.75) is 12.8 Å². The van der Waals surface area contributed by atoms with Crippen LogP contribution in [0.3, 0.4) is 0 Å². The number of aliphatic carboxylic acids is 1. The highest BCUT2D eigenvalue weighted by Gasteiger charge is 1.96. The quantitative estimate of drug-likeness (QED) is 0.715. The van der Waals surface area contributed by atoms with Gasteiger partial charge < -0.3 is 5.11 Å². The molecule has 0 amide bonds. The minimum atomic E-state index is -1.41. The molecule has 2 heteroatoms. The molecule has 0 radical (unpaired) electrons. The highest BCUT2D eigenvalue weighted by atomic mass is 16.4. The highest BCUT2D eigenvalue weighted by Crippen LogP contribution is 2.01. The highest BCUT2D eigenvalue weighted by molar-refractivity contribution is 5.67. The molecule has 0 aromatic heterocycles. The van der Waals surface area contributed by atoms with Crippen molar-refractivity contribution in [3.05, 3.63) is 35.9 Å². The fourth-order valence-corrected chi connectivity index (χ4v) is 0.732. The summed E-state index contributed by atoms with van der Waals surface area (Å²) in [6, 6.07) is 8.55. The van der Waals surface area contributed by atoms with Crippen molar-refractivity contribution in [2.75, 3.05) is 0 Å². The third-order valence-corrected chi connectivity index (χ3v) is 1.22. The first-order valence-corrected chi connectivity index (χ1v) is 3.25. The second-order valence-corrected chi connectivity index (χ2v) is 2.08. The predicted molar refractivity (Wildman–Crippen MR) is 42.4 cm³/mol. The van der Waals surface area contributed by atoms with E-state index in [4.69, 9.17) is 7.85 Å². The van der Waals surface area contributed by atoms with Gasteiger partial charge in [0.05, 0.1) is 0 Å². The van der Waals surface area contributed by atoms with E-state index < -0.39 is 18.8 Å². The zero-order valence-corrected chi connectivity index (χ0v) is 5.90. The number of hydrogen-bond acceptors (Lipinski definition) is 1. The van der Waals surface area contributed by atoms with Crippen LogP contribution in [0.15, 0.2) is 30.3 Å². The normalized spacial score (nSPS) is 17.8. The van der Waals surface area contributed by atoms with Crippen molar-refractivity contribution in [3.63, 3.8) is 0 Å². The van der Waals surface area contributed by atoms with Gasteiger partial charge in [0.1, 0.15) is 0 Å². The molecule has 0 spiro atoms. The van der Waals surface area contributed by atoms with Gasteiger partial charge in [0, 0.05) is 9.14 Å². The molecule has 0 bridgehead atoms. The predicted octanol–water partition coefficient (Wildman–Crippen LogP) is 1.70. The summed E-state index contributed by atoms with van der Waals surface area (Å²) < 4.78 is 14.7. The topological polar surface area (TPSA) is 37.3 Å². The first-order valence-electron chi connectivity index (χ1n) is 4.40. The maximum Gasteiger partial charge on any atom is 0.303 e. The minimum Gasteiger partial charge on any atom is -0.481 e. The SMILES string of the molecule is [2H]C(C(=O)O)C([2H])c1ccccc1. The van der Waals surface area contributed by atoms with E-state index >= 15 is 0 Å². The Hall–Kier alpha value is -1.31. The first-order chi connectivity index (χ1) is 6.13. The van der Waals surface area contributed by atoms with Crippen LogP contribution in [0.4, 0.5) is 0 Å². The van der Waals surface area contributed by atoms with Crippen LogP contribution in [-0.4, -0.2) is 11.1 Å². The Labute approximate surface area is 68.3 Å². The van der Waals surface area contributed by atoms with Crippen molar-refractivity contribution in [3.8, 4) is 0 Å². The van der Waals surface area contributed by atoms with Crippen LogP contribution < -0.4 is 0 Å². The molecule has 2 unspecified atom stereocenters. The van der Waals surface area contributed by atoms with Crippen LogP contribution in [-0.2, 0) is 11.2 Å². The first kappa shape index (κ1) is 5.35. The number of hydrogen-bond donors (Lipinski definition) is 1. The molecule has 0 saturated carbocycles. The van der Waals surface area contributed by atoms with E-state index in [1.807, 2.05) is 0 Å². The van der Waals surface area contributed by atoms with E-state index in [-0.39, 0.29) is 0 Å². The van der Waals surface area contributed by atoms with Crippen LogP contribution >= 0.6 is 0 Å². The van der Waals surface area contributed by atoms with Gasteiger partial charge in [0.2, 0.25) is 0 Å². The maximum absolute atomic E-state index is 10.4. The van der Waals surface area contributed by atoms with E-state index in [0.29, 0.717) is 5.56 Å². The fourth-order valence-electron chi connectivity index (χ4n) is 0.732. The van der Waals surface area contributed by atoms with Crippen molar-refractivity contribution >= 4 is 5.97 Å². The van der Waals surface area contributed by atoms with Crippen molar-refractivity contribution in [2.24, 2.45) is 0 Å². The average Bonchev–Trinajstić information content (AvgIpc) is 2.17. The monoisotopic (exact) mass is 152 g/mol. The zero-order chi connectivity index (χ0) is 9.84. The van der Waals surface area contributed by atoms with Gasteiger partial charge in [-0.25, -0.2) is 0 Å². The fraction of sp³-hybridized carbons (Fsp3) is 0.222. The molecule has 0 aliphatic heterocycles. The lowest BCUT2D eigenvalue weighted by molar-refractivity contribution is -0.136. The van der Waals surface area contributed by atoms with Gasteiger partial charge in [0.25, 0.3) is 0 Å². The molecule has 1 rings (SSSR count). The van der Waals surface area contributed by atoms with Gasteiger partial charge in [-0.2, -0.15) is 0 Å². The number of carboxylic acids is 1. The van der Waals surface area contributed by atoms with Gasteiger partial charge in [-0.1, -0.05) is 30.3 Å². The molecular weight excluding hydrogens is 140 g/mol. The van der Waals surface area contributed by atoms with Gasteiger partial charge in [0.15, 0.2) is 0 Å². The summed E-state index contributed by atoms with van der Waals surface area (Å²) in [4.78, 5) is 10.4. The Morgan fingerprint density at radius 2 is 2.09 bits per heavy atom. The van der Waals surface area contributed by atoms with Gasteiger partial charge in [-0.05, 0) is 12.0 Å². The summed E-state index contributed by atoms with van der Waals surface area (Å²) in [5.74, 6) is -1.26. The van der Waals surface area contributed by atoms with E-state index in [1.165, 1.54) is 0 Å². The molecule has 2 nitrogen and oxygen atoms in total. The summed E-state index contributed by atoms with van der Waals surface area (Å²) in [5.41, 5.74) is 0.560. The van der Waals surface area contributed by atoms with Crippen LogP contribution in [0, 0.1) is 0 Å². The smallest absolute Gasteiger partial charge is 0.303 e. The molecule has 11 heavy (non-hydrogen) atoms. The molecule has 1 aromatic carbocycles. The number of benzene rings is 1.